The first-order valence-electron chi connectivity index (χ1n) is 6.85. The van der Waals surface area contributed by atoms with Gasteiger partial charge in [0.25, 0.3) is 5.91 Å². The average Bonchev–Trinajstić information content (AvgIpc) is 2.89. The topological polar surface area (TPSA) is 65.4 Å². The van der Waals surface area contributed by atoms with Crippen LogP contribution in [0, 0.1) is 0 Å². The van der Waals surface area contributed by atoms with Crippen LogP contribution in [0.25, 0.3) is 5.69 Å². The summed E-state index contributed by atoms with van der Waals surface area (Å²) in [6.45, 7) is 2.59. The number of aromatic nitrogens is 2. The lowest BCUT2D eigenvalue weighted by Crippen LogP contribution is -2.38. The highest BCUT2D eigenvalue weighted by atomic mass is 79.9. The lowest BCUT2D eigenvalue weighted by atomic mass is 10.3. The number of nitrogens with one attached hydrogen (secondary N) is 1. The number of halogens is 1. The molecule has 1 atom stereocenters. The van der Waals surface area contributed by atoms with Crippen molar-refractivity contribution in [2.24, 2.45) is 0 Å². The van der Waals surface area contributed by atoms with E-state index in [9.17, 15) is 4.79 Å². The zero-order chi connectivity index (χ0) is 15.9. The van der Waals surface area contributed by atoms with E-state index in [1.54, 1.807) is 24.9 Å². The molecule has 1 aromatic carbocycles. The third-order valence-corrected chi connectivity index (χ3v) is 3.47. The van der Waals surface area contributed by atoms with Crippen LogP contribution in [0.4, 0.5) is 0 Å². The van der Waals surface area contributed by atoms with Crippen LogP contribution in [0.5, 0.6) is 5.88 Å². The normalized spacial score (nSPS) is 12.0. The molecule has 0 unspecified atom stereocenters. The molecular weight excluding hydrogens is 350 g/mol. The molecule has 0 radical (unpaired) electrons. The molecule has 1 aromatic heterocycles. The third-order valence-electron chi connectivity index (χ3n) is 2.92. The van der Waals surface area contributed by atoms with Crippen molar-refractivity contribution in [1.82, 2.24) is 15.1 Å². The molecule has 1 amide bonds. The van der Waals surface area contributed by atoms with E-state index < -0.39 is 6.10 Å². The molecule has 0 bridgehead atoms. The van der Waals surface area contributed by atoms with Crippen molar-refractivity contribution < 1.29 is 14.3 Å². The number of nitrogens with zero attached hydrogens (tertiary/aromatic N) is 2. The standard InChI is InChI=1S/C15H18BrN3O3/c1-11(14(20)17-8-9-21-2)22-15-13(16)10-19(18-15)12-6-4-3-5-7-12/h3-7,10-11H,8-9H2,1-2H3,(H,17,20)/t11-/m1/s1. The smallest absolute Gasteiger partial charge is 0.260 e. The molecule has 22 heavy (non-hydrogen) atoms. The highest BCUT2D eigenvalue weighted by molar-refractivity contribution is 9.10. The predicted molar refractivity (Wildman–Crippen MR) is 86.2 cm³/mol. The van der Waals surface area contributed by atoms with Gasteiger partial charge in [-0.15, -0.1) is 5.10 Å². The second-order valence-electron chi connectivity index (χ2n) is 4.61. The van der Waals surface area contributed by atoms with Gasteiger partial charge in [0.1, 0.15) is 0 Å². The van der Waals surface area contributed by atoms with E-state index in [0.29, 0.717) is 23.5 Å². The Balaban J connectivity index is 2.01. The first-order chi connectivity index (χ1) is 10.6. The van der Waals surface area contributed by atoms with Crippen LogP contribution >= 0.6 is 15.9 Å². The quantitative estimate of drug-likeness (QED) is 0.761. The van der Waals surface area contributed by atoms with Crippen molar-refractivity contribution in [2.75, 3.05) is 20.3 Å². The van der Waals surface area contributed by atoms with Gasteiger partial charge in [0.05, 0.1) is 16.8 Å². The fourth-order valence-corrected chi connectivity index (χ4v) is 2.14. The van der Waals surface area contributed by atoms with Crippen molar-refractivity contribution in [2.45, 2.75) is 13.0 Å². The van der Waals surface area contributed by atoms with E-state index in [1.165, 1.54) is 0 Å². The Kier molecular flexibility index (Phi) is 5.97. The molecule has 2 aromatic rings. The van der Waals surface area contributed by atoms with E-state index in [1.807, 2.05) is 30.3 Å². The van der Waals surface area contributed by atoms with Crippen molar-refractivity contribution in [3.63, 3.8) is 0 Å². The summed E-state index contributed by atoms with van der Waals surface area (Å²) in [5, 5.41) is 7.06. The fraction of sp³-hybridized carbons (Fsp3) is 0.333. The number of ether oxygens (including phenoxy) is 2. The molecule has 0 fully saturated rings. The Bertz CT molecular complexity index is 616. The SMILES string of the molecule is COCCNC(=O)[C@@H](C)Oc1nn(-c2ccccc2)cc1Br. The van der Waals surface area contributed by atoms with Gasteiger partial charge in [-0.25, -0.2) is 4.68 Å². The lowest BCUT2D eigenvalue weighted by Gasteiger charge is -2.13. The van der Waals surface area contributed by atoms with Crippen LogP contribution < -0.4 is 10.1 Å². The summed E-state index contributed by atoms with van der Waals surface area (Å²) in [4.78, 5) is 11.9. The minimum Gasteiger partial charge on any atom is -0.463 e. The van der Waals surface area contributed by atoms with Crippen molar-refractivity contribution in [1.29, 1.82) is 0 Å². The van der Waals surface area contributed by atoms with E-state index in [4.69, 9.17) is 9.47 Å². The molecule has 7 heteroatoms. The summed E-state index contributed by atoms with van der Waals surface area (Å²) in [7, 11) is 1.58. The van der Waals surface area contributed by atoms with Gasteiger partial charge in [-0.05, 0) is 35.0 Å². The zero-order valence-corrected chi connectivity index (χ0v) is 14.0. The number of hydrogen-bond acceptors (Lipinski definition) is 4. The first kappa shape index (κ1) is 16.5. The van der Waals surface area contributed by atoms with Crippen LogP contribution in [0.2, 0.25) is 0 Å². The summed E-state index contributed by atoms with van der Waals surface area (Å²) < 4.78 is 12.9. The Labute approximate surface area is 137 Å². The van der Waals surface area contributed by atoms with Gasteiger partial charge >= 0.3 is 0 Å². The number of methoxy groups -OCH3 is 1. The van der Waals surface area contributed by atoms with Crippen LogP contribution in [0.1, 0.15) is 6.92 Å². The number of benzene rings is 1. The Morgan fingerprint density at radius 2 is 2.14 bits per heavy atom. The minimum atomic E-state index is -0.646. The van der Waals surface area contributed by atoms with Gasteiger partial charge in [0, 0.05) is 19.9 Å². The molecular formula is C15H18BrN3O3. The molecule has 2 rings (SSSR count). The number of carbonyl (C=O) groups excluding carboxylic acids is 1. The Hall–Kier alpha value is -1.86. The summed E-state index contributed by atoms with van der Waals surface area (Å²) in [5.41, 5.74) is 0.912. The first-order valence-corrected chi connectivity index (χ1v) is 7.65. The molecule has 0 saturated carbocycles. The van der Waals surface area contributed by atoms with Crippen LogP contribution in [-0.4, -0.2) is 42.1 Å². The highest BCUT2D eigenvalue weighted by Gasteiger charge is 2.18. The monoisotopic (exact) mass is 367 g/mol. The lowest BCUT2D eigenvalue weighted by molar-refractivity contribution is -0.127. The third kappa shape index (κ3) is 4.32. The van der Waals surface area contributed by atoms with Gasteiger partial charge < -0.3 is 14.8 Å². The molecule has 1 N–H and O–H groups in total. The van der Waals surface area contributed by atoms with E-state index in [0.717, 1.165) is 5.69 Å². The number of rotatable bonds is 7. The second kappa shape index (κ2) is 7.95. The van der Waals surface area contributed by atoms with E-state index in [-0.39, 0.29) is 5.91 Å². The van der Waals surface area contributed by atoms with Crippen LogP contribution in [-0.2, 0) is 9.53 Å². The maximum Gasteiger partial charge on any atom is 0.260 e. The predicted octanol–water partition coefficient (Wildman–Crippen LogP) is 2.16. The molecule has 1 heterocycles. The summed E-state index contributed by atoms with van der Waals surface area (Å²) in [5.74, 6) is 0.163. The van der Waals surface area contributed by atoms with Gasteiger partial charge in [-0.1, -0.05) is 18.2 Å². The maximum atomic E-state index is 11.9. The number of amides is 1. The van der Waals surface area contributed by atoms with Crippen LogP contribution in [0.3, 0.4) is 0 Å². The second-order valence-corrected chi connectivity index (χ2v) is 5.46. The van der Waals surface area contributed by atoms with Crippen molar-refractivity contribution in [3.8, 4) is 11.6 Å². The average molecular weight is 368 g/mol. The van der Waals surface area contributed by atoms with Crippen LogP contribution in [0.15, 0.2) is 41.0 Å². The summed E-state index contributed by atoms with van der Waals surface area (Å²) >= 11 is 3.40. The number of para-hydroxylation sites is 1. The Morgan fingerprint density at radius 1 is 1.41 bits per heavy atom. The van der Waals surface area contributed by atoms with Gasteiger partial charge in [0.15, 0.2) is 6.10 Å². The Morgan fingerprint density at radius 3 is 2.82 bits per heavy atom. The molecule has 6 nitrogen and oxygen atoms in total. The fourth-order valence-electron chi connectivity index (χ4n) is 1.77. The largest absolute Gasteiger partial charge is 0.463 e. The molecule has 118 valence electrons. The van der Waals surface area contributed by atoms with Crippen molar-refractivity contribution in [3.05, 3.63) is 41.0 Å². The maximum absolute atomic E-state index is 11.9. The number of carbonyl (C=O) groups is 1. The minimum absolute atomic E-state index is 0.210. The van der Waals surface area contributed by atoms with Crippen molar-refractivity contribution >= 4 is 21.8 Å². The molecule has 0 spiro atoms. The molecule has 0 saturated heterocycles. The van der Waals surface area contributed by atoms with Gasteiger partial charge in [-0.3, -0.25) is 4.79 Å². The molecule has 0 aliphatic heterocycles. The van der Waals surface area contributed by atoms with E-state index >= 15 is 0 Å². The summed E-state index contributed by atoms with van der Waals surface area (Å²) in [6, 6.07) is 9.66. The van der Waals surface area contributed by atoms with E-state index in [2.05, 4.69) is 26.3 Å². The highest BCUT2D eigenvalue weighted by Crippen LogP contribution is 2.25. The summed E-state index contributed by atoms with van der Waals surface area (Å²) in [6.07, 6.45) is 1.15. The zero-order valence-electron chi connectivity index (χ0n) is 12.5. The molecule has 0 aliphatic rings. The van der Waals surface area contributed by atoms with Gasteiger partial charge in [-0.2, -0.15) is 0 Å². The molecule has 0 aliphatic carbocycles. The van der Waals surface area contributed by atoms with Gasteiger partial charge in [0.2, 0.25) is 5.88 Å². The number of hydrogen-bond donors (Lipinski definition) is 1.